The van der Waals surface area contributed by atoms with Gasteiger partial charge in [0.05, 0.1) is 0 Å². The topological polar surface area (TPSA) is 58.4 Å². The van der Waals surface area contributed by atoms with Gasteiger partial charge in [0, 0.05) is 24.8 Å². The number of benzene rings is 1. The SMILES string of the molecule is CCNC(=O)N(Cc1ccc(N)cc1)C1CC1. The van der Waals surface area contributed by atoms with E-state index < -0.39 is 0 Å². The van der Waals surface area contributed by atoms with E-state index in [1.165, 1.54) is 0 Å². The minimum atomic E-state index is 0.0341. The first-order chi connectivity index (χ1) is 8.20. The first-order valence-corrected chi connectivity index (χ1v) is 6.09. The highest BCUT2D eigenvalue weighted by Crippen LogP contribution is 2.28. The number of urea groups is 1. The molecule has 1 aliphatic rings. The second kappa shape index (κ2) is 5.08. The molecule has 0 spiro atoms. The van der Waals surface area contributed by atoms with Gasteiger partial charge in [0.1, 0.15) is 0 Å². The van der Waals surface area contributed by atoms with Crippen LogP contribution in [-0.4, -0.2) is 23.5 Å². The lowest BCUT2D eigenvalue weighted by Crippen LogP contribution is -2.40. The lowest BCUT2D eigenvalue weighted by atomic mass is 10.2. The lowest BCUT2D eigenvalue weighted by molar-refractivity contribution is 0.192. The standard InChI is InChI=1S/C13H19N3O/c1-2-15-13(17)16(12-7-8-12)9-10-3-5-11(14)6-4-10/h3-6,12H,2,7-9,14H2,1H3,(H,15,17). The fourth-order valence-electron chi connectivity index (χ4n) is 1.83. The van der Waals surface area contributed by atoms with Crippen LogP contribution in [0.2, 0.25) is 0 Å². The first-order valence-electron chi connectivity index (χ1n) is 6.09. The van der Waals surface area contributed by atoms with Gasteiger partial charge in [-0.2, -0.15) is 0 Å². The van der Waals surface area contributed by atoms with Gasteiger partial charge < -0.3 is 16.0 Å². The number of hydrogen-bond donors (Lipinski definition) is 2. The molecule has 3 N–H and O–H groups in total. The van der Waals surface area contributed by atoms with Gasteiger partial charge >= 0.3 is 6.03 Å². The summed E-state index contributed by atoms with van der Waals surface area (Å²) in [6, 6.07) is 8.15. The minimum absolute atomic E-state index is 0.0341. The fourth-order valence-corrected chi connectivity index (χ4v) is 1.83. The summed E-state index contributed by atoms with van der Waals surface area (Å²) in [6.07, 6.45) is 2.23. The Morgan fingerprint density at radius 2 is 2.06 bits per heavy atom. The zero-order valence-corrected chi connectivity index (χ0v) is 10.1. The van der Waals surface area contributed by atoms with Gasteiger partial charge in [0.15, 0.2) is 0 Å². The molecule has 0 saturated heterocycles. The molecule has 1 aromatic carbocycles. The Morgan fingerprint density at radius 1 is 1.41 bits per heavy atom. The van der Waals surface area contributed by atoms with E-state index in [-0.39, 0.29) is 6.03 Å². The summed E-state index contributed by atoms with van der Waals surface area (Å²) < 4.78 is 0. The van der Waals surface area contributed by atoms with Crippen LogP contribution in [0.15, 0.2) is 24.3 Å². The third-order valence-corrected chi connectivity index (χ3v) is 2.91. The summed E-state index contributed by atoms with van der Waals surface area (Å²) in [4.78, 5) is 13.8. The molecule has 0 aromatic heterocycles. The second-order valence-corrected chi connectivity index (χ2v) is 4.44. The molecule has 4 nitrogen and oxygen atoms in total. The second-order valence-electron chi connectivity index (χ2n) is 4.44. The maximum atomic E-state index is 11.9. The highest BCUT2D eigenvalue weighted by Gasteiger charge is 2.32. The average Bonchev–Trinajstić information content (AvgIpc) is 3.12. The van der Waals surface area contributed by atoms with E-state index in [2.05, 4.69) is 5.32 Å². The molecule has 1 saturated carbocycles. The first kappa shape index (κ1) is 11.8. The molecule has 0 aliphatic heterocycles. The van der Waals surface area contributed by atoms with Crippen molar-refractivity contribution >= 4 is 11.7 Å². The summed E-state index contributed by atoms with van der Waals surface area (Å²) in [6.45, 7) is 3.27. The van der Waals surface area contributed by atoms with E-state index in [0.717, 1.165) is 24.1 Å². The van der Waals surface area contributed by atoms with Crippen molar-refractivity contribution in [3.63, 3.8) is 0 Å². The Bertz CT molecular complexity index is 384. The van der Waals surface area contributed by atoms with Crippen LogP contribution in [0, 0.1) is 0 Å². The quantitative estimate of drug-likeness (QED) is 0.781. The number of nitrogens with zero attached hydrogens (tertiary/aromatic N) is 1. The summed E-state index contributed by atoms with van der Waals surface area (Å²) in [5.74, 6) is 0. The van der Waals surface area contributed by atoms with E-state index in [1.54, 1.807) is 0 Å². The third kappa shape index (κ3) is 3.12. The third-order valence-electron chi connectivity index (χ3n) is 2.91. The monoisotopic (exact) mass is 233 g/mol. The van der Waals surface area contributed by atoms with Crippen LogP contribution < -0.4 is 11.1 Å². The van der Waals surface area contributed by atoms with Crippen molar-refractivity contribution in [1.29, 1.82) is 0 Å². The number of anilines is 1. The zero-order valence-electron chi connectivity index (χ0n) is 10.1. The van der Waals surface area contributed by atoms with Crippen molar-refractivity contribution in [3.05, 3.63) is 29.8 Å². The molecule has 2 amide bonds. The van der Waals surface area contributed by atoms with Crippen molar-refractivity contribution in [2.24, 2.45) is 0 Å². The van der Waals surface area contributed by atoms with Crippen LogP contribution in [0.1, 0.15) is 25.3 Å². The minimum Gasteiger partial charge on any atom is -0.399 e. The lowest BCUT2D eigenvalue weighted by Gasteiger charge is -2.22. The van der Waals surface area contributed by atoms with Crippen LogP contribution in [0.25, 0.3) is 0 Å². The number of hydrogen-bond acceptors (Lipinski definition) is 2. The number of nitrogens with two attached hydrogens (primary N) is 1. The van der Waals surface area contributed by atoms with Crippen LogP contribution in [-0.2, 0) is 6.54 Å². The predicted octanol–water partition coefficient (Wildman–Crippen LogP) is 1.96. The Kier molecular flexibility index (Phi) is 3.52. The molecular formula is C13H19N3O. The Labute approximate surface area is 102 Å². The number of rotatable bonds is 4. The number of carbonyl (C=O) groups excluding carboxylic acids is 1. The van der Waals surface area contributed by atoms with Crippen molar-refractivity contribution < 1.29 is 4.79 Å². The van der Waals surface area contributed by atoms with Crippen LogP contribution in [0.3, 0.4) is 0 Å². The van der Waals surface area contributed by atoms with Gasteiger partial charge in [0.25, 0.3) is 0 Å². The Balaban J connectivity index is 2.02. The van der Waals surface area contributed by atoms with Crippen LogP contribution in [0.5, 0.6) is 0 Å². The van der Waals surface area contributed by atoms with Gasteiger partial charge in [0.2, 0.25) is 0 Å². The summed E-state index contributed by atoms with van der Waals surface area (Å²) in [5, 5.41) is 2.86. The van der Waals surface area contributed by atoms with Crippen LogP contribution in [0.4, 0.5) is 10.5 Å². The summed E-state index contributed by atoms with van der Waals surface area (Å²) >= 11 is 0. The van der Waals surface area contributed by atoms with Crippen molar-refractivity contribution in [2.45, 2.75) is 32.4 Å². The molecular weight excluding hydrogens is 214 g/mol. The number of amides is 2. The highest BCUT2D eigenvalue weighted by molar-refractivity contribution is 5.74. The van der Waals surface area contributed by atoms with Crippen molar-refractivity contribution in [2.75, 3.05) is 12.3 Å². The molecule has 0 heterocycles. The van der Waals surface area contributed by atoms with E-state index in [9.17, 15) is 4.79 Å². The fraction of sp³-hybridized carbons (Fsp3) is 0.462. The van der Waals surface area contributed by atoms with Gasteiger partial charge in [-0.05, 0) is 37.5 Å². The molecule has 0 atom stereocenters. The molecule has 17 heavy (non-hydrogen) atoms. The smallest absolute Gasteiger partial charge is 0.317 e. The van der Waals surface area contributed by atoms with Crippen LogP contribution >= 0.6 is 0 Å². The molecule has 1 aromatic rings. The van der Waals surface area contributed by atoms with Crippen molar-refractivity contribution in [3.8, 4) is 0 Å². The van der Waals surface area contributed by atoms with E-state index in [4.69, 9.17) is 5.73 Å². The number of nitrogens with one attached hydrogen (secondary N) is 1. The van der Waals surface area contributed by atoms with E-state index >= 15 is 0 Å². The normalized spacial score (nSPS) is 14.4. The molecule has 2 rings (SSSR count). The van der Waals surface area contributed by atoms with Gasteiger partial charge in [-0.3, -0.25) is 0 Å². The van der Waals surface area contributed by atoms with E-state index in [1.807, 2.05) is 36.1 Å². The molecule has 92 valence electrons. The Hall–Kier alpha value is -1.71. The van der Waals surface area contributed by atoms with E-state index in [0.29, 0.717) is 19.1 Å². The molecule has 4 heteroatoms. The summed E-state index contributed by atoms with van der Waals surface area (Å²) in [5.41, 5.74) is 7.52. The Morgan fingerprint density at radius 3 is 2.59 bits per heavy atom. The van der Waals surface area contributed by atoms with Gasteiger partial charge in [-0.15, -0.1) is 0 Å². The largest absolute Gasteiger partial charge is 0.399 e. The average molecular weight is 233 g/mol. The van der Waals surface area contributed by atoms with Gasteiger partial charge in [-0.1, -0.05) is 12.1 Å². The number of nitrogen functional groups attached to an aromatic ring is 1. The molecule has 0 bridgehead atoms. The maximum Gasteiger partial charge on any atom is 0.317 e. The summed E-state index contributed by atoms with van der Waals surface area (Å²) in [7, 11) is 0. The predicted molar refractivity (Wildman–Crippen MR) is 68.5 cm³/mol. The number of carbonyl (C=O) groups is 1. The molecule has 0 unspecified atom stereocenters. The maximum absolute atomic E-state index is 11.9. The zero-order chi connectivity index (χ0) is 12.3. The molecule has 1 fully saturated rings. The molecule has 0 radical (unpaired) electrons. The highest BCUT2D eigenvalue weighted by atomic mass is 16.2. The van der Waals surface area contributed by atoms with Crippen molar-refractivity contribution in [1.82, 2.24) is 10.2 Å². The molecule has 1 aliphatic carbocycles. The van der Waals surface area contributed by atoms with Gasteiger partial charge in [-0.25, -0.2) is 4.79 Å².